The minimum atomic E-state index is -1.37. The van der Waals surface area contributed by atoms with Gasteiger partial charge in [0.15, 0.2) is 0 Å². The molecule has 0 aliphatic heterocycles. The zero-order chi connectivity index (χ0) is 27.3. The van der Waals surface area contributed by atoms with Gasteiger partial charge in [0.1, 0.15) is 5.41 Å². The van der Waals surface area contributed by atoms with E-state index >= 15 is 0 Å². The van der Waals surface area contributed by atoms with Gasteiger partial charge in [0.2, 0.25) is 11.8 Å². The van der Waals surface area contributed by atoms with Crippen LogP contribution in [0.15, 0.2) is 60.7 Å². The average molecular weight is 509 g/mol. The Morgan fingerprint density at radius 1 is 0.784 bits per heavy atom. The Hall–Kier alpha value is -2.70. The van der Waals surface area contributed by atoms with E-state index < -0.39 is 40.5 Å². The monoisotopic (exact) mass is 508 g/mol. The summed E-state index contributed by atoms with van der Waals surface area (Å²) in [4.78, 5) is 29.6. The van der Waals surface area contributed by atoms with Crippen molar-refractivity contribution in [3.63, 3.8) is 0 Å². The summed E-state index contributed by atoms with van der Waals surface area (Å²) in [5, 5.41) is 24.3. The summed E-state index contributed by atoms with van der Waals surface area (Å²) in [6, 6.07) is 17.4. The van der Waals surface area contributed by atoms with Crippen molar-refractivity contribution in [2.75, 3.05) is 0 Å². The molecule has 2 amide bonds. The molecule has 4 N–H and O–H groups in total. The number of carbonyl (C=O) groups is 2. The molecule has 6 nitrogen and oxygen atoms in total. The van der Waals surface area contributed by atoms with E-state index in [4.69, 9.17) is 5.73 Å². The first-order chi connectivity index (χ1) is 17.6. The Bertz CT molecular complexity index is 964. The van der Waals surface area contributed by atoms with E-state index in [1.165, 1.54) is 0 Å². The average Bonchev–Trinajstić information content (AvgIpc) is 3.44. The number of carbonyl (C=O) groups excluding carboxylic acids is 2. The van der Waals surface area contributed by atoms with Gasteiger partial charge in [0.05, 0.1) is 23.3 Å². The van der Waals surface area contributed by atoms with Crippen molar-refractivity contribution in [1.82, 2.24) is 4.90 Å². The standard InChI is InChI=1S/C31H44N2O4/c1-5-30(36,6-2)25(23-17-11-9-12-18-23)33(28(35)29(27(32)34)21-15-16-22-29)26(31(37,7-3)8-4)24-19-13-10-14-20-24/h9-14,17-20,25-26,36-37H,5-8,15-16,21-22H2,1-4H3,(H2,32,34). The molecule has 1 aliphatic carbocycles. The molecule has 0 saturated heterocycles. The van der Waals surface area contributed by atoms with Crippen LogP contribution in [0, 0.1) is 5.41 Å². The summed E-state index contributed by atoms with van der Waals surface area (Å²) in [7, 11) is 0. The Morgan fingerprint density at radius 3 is 1.43 bits per heavy atom. The third-order valence-corrected chi connectivity index (χ3v) is 8.83. The SMILES string of the molecule is CCC(O)(CC)C(c1ccccc1)N(C(=O)C1(C(N)=O)CCCC1)C(c1ccccc1)C(O)(CC)CC. The molecule has 37 heavy (non-hydrogen) atoms. The van der Waals surface area contributed by atoms with Crippen molar-refractivity contribution in [2.24, 2.45) is 11.1 Å². The second kappa shape index (κ2) is 11.8. The molecule has 0 spiro atoms. The van der Waals surface area contributed by atoms with Crippen LogP contribution in [0.1, 0.15) is 102 Å². The number of primary amides is 1. The summed E-state index contributed by atoms with van der Waals surface area (Å²) < 4.78 is 0. The van der Waals surface area contributed by atoms with Crippen LogP contribution in [-0.4, -0.2) is 38.1 Å². The number of hydrogen-bond donors (Lipinski definition) is 3. The van der Waals surface area contributed by atoms with E-state index in [2.05, 4.69) is 0 Å². The molecule has 2 unspecified atom stereocenters. The molecule has 202 valence electrons. The van der Waals surface area contributed by atoms with Crippen LogP contribution in [0.25, 0.3) is 0 Å². The van der Waals surface area contributed by atoms with Gasteiger partial charge >= 0.3 is 0 Å². The molecule has 6 heteroatoms. The molecule has 0 heterocycles. The zero-order valence-electron chi connectivity index (χ0n) is 22.8. The van der Waals surface area contributed by atoms with Crippen molar-refractivity contribution in [3.8, 4) is 0 Å². The maximum absolute atomic E-state index is 14.9. The summed E-state index contributed by atoms with van der Waals surface area (Å²) in [5.74, 6) is -1.03. The molecular weight excluding hydrogens is 464 g/mol. The van der Waals surface area contributed by atoms with Gasteiger partial charge < -0.3 is 20.8 Å². The first kappa shape index (κ1) is 28.9. The summed E-state index contributed by atoms with van der Waals surface area (Å²) >= 11 is 0. The van der Waals surface area contributed by atoms with Crippen LogP contribution in [-0.2, 0) is 9.59 Å². The highest BCUT2D eigenvalue weighted by molar-refractivity contribution is 6.05. The lowest BCUT2D eigenvalue weighted by Crippen LogP contribution is -2.60. The molecule has 2 aromatic rings. The topological polar surface area (TPSA) is 104 Å². The van der Waals surface area contributed by atoms with Crippen LogP contribution in [0.4, 0.5) is 0 Å². The molecule has 2 atom stereocenters. The Morgan fingerprint density at radius 2 is 1.14 bits per heavy atom. The van der Waals surface area contributed by atoms with E-state index in [9.17, 15) is 19.8 Å². The van der Waals surface area contributed by atoms with Gasteiger partial charge in [-0.2, -0.15) is 0 Å². The lowest BCUT2D eigenvalue weighted by Gasteiger charge is -2.52. The molecule has 1 aliphatic rings. The van der Waals surface area contributed by atoms with Crippen molar-refractivity contribution in [3.05, 3.63) is 71.8 Å². The number of benzene rings is 2. The fourth-order valence-corrected chi connectivity index (χ4v) is 6.18. The smallest absolute Gasteiger partial charge is 0.239 e. The van der Waals surface area contributed by atoms with E-state index in [0.717, 1.165) is 24.0 Å². The number of aliphatic hydroxyl groups is 2. The van der Waals surface area contributed by atoms with Crippen molar-refractivity contribution in [2.45, 2.75) is 102 Å². The zero-order valence-corrected chi connectivity index (χ0v) is 22.8. The van der Waals surface area contributed by atoms with Gasteiger partial charge in [-0.25, -0.2) is 0 Å². The predicted octanol–water partition coefficient (Wildman–Crippen LogP) is 5.45. The van der Waals surface area contributed by atoms with E-state index in [0.29, 0.717) is 38.5 Å². The van der Waals surface area contributed by atoms with Gasteiger partial charge in [-0.15, -0.1) is 0 Å². The number of nitrogens with two attached hydrogens (primary N) is 1. The van der Waals surface area contributed by atoms with E-state index in [-0.39, 0.29) is 0 Å². The number of hydrogen-bond acceptors (Lipinski definition) is 4. The van der Waals surface area contributed by atoms with Crippen LogP contribution < -0.4 is 5.73 Å². The minimum Gasteiger partial charge on any atom is -0.387 e. The van der Waals surface area contributed by atoms with E-state index in [1.54, 1.807) is 4.90 Å². The normalized spacial score (nSPS) is 17.2. The number of amides is 2. The van der Waals surface area contributed by atoms with Crippen molar-refractivity contribution in [1.29, 1.82) is 0 Å². The molecule has 0 bridgehead atoms. The highest BCUT2D eigenvalue weighted by atomic mass is 16.3. The van der Waals surface area contributed by atoms with Gasteiger partial charge in [-0.3, -0.25) is 9.59 Å². The highest BCUT2D eigenvalue weighted by Gasteiger charge is 2.56. The maximum atomic E-state index is 14.9. The number of nitrogens with zero attached hydrogens (tertiary/aromatic N) is 1. The van der Waals surface area contributed by atoms with Crippen LogP contribution in [0.5, 0.6) is 0 Å². The van der Waals surface area contributed by atoms with Crippen LogP contribution >= 0.6 is 0 Å². The fourth-order valence-electron chi connectivity index (χ4n) is 6.18. The molecule has 2 aromatic carbocycles. The van der Waals surface area contributed by atoms with Crippen molar-refractivity contribution < 1.29 is 19.8 Å². The van der Waals surface area contributed by atoms with Crippen molar-refractivity contribution >= 4 is 11.8 Å². The quantitative estimate of drug-likeness (QED) is 0.332. The molecule has 3 rings (SSSR count). The molecule has 1 fully saturated rings. The largest absolute Gasteiger partial charge is 0.387 e. The second-order valence-corrected chi connectivity index (χ2v) is 10.6. The first-order valence-corrected chi connectivity index (χ1v) is 13.8. The summed E-state index contributed by atoms with van der Waals surface area (Å²) in [6.45, 7) is 7.63. The number of rotatable bonds is 12. The van der Waals surface area contributed by atoms with Gasteiger partial charge in [0.25, 0.3) is 0 Å². The van der Waals surface area contributed by atoms with Gasteiger partial charge in [0, 0.05) is 0 Å². The van der Waals surface area contributed by atoms with Gasteiger partial charge in [-0.05, 0) is 49.7 Å². The lowest BCUT2D eigenvalue weighted by atomic mass is 9.74. The van der Waals surface area contributed by atoms with Crippen LogP contribution in [0.2, 0.25) is 0 Å². The molecule has 0 radical (unpaired) electrons. The van der Waals surface area contributed by atoms with Crippen LogP contribution in [0.3, 0.4) is 0 Å². The van der Waals surface area contributed by atoms with Gasteiger partial charge in [-0.1, -0.05) is 101 Å². The Balaban J connectivity index is 2.42. The fraction of sp³-hybridized carbons (Fsp3) is 0.548. The maximum Gasteiger partial charge on any atom is 0.239 e. The third kappa shape index (κ3) is 5.32. The second-order valence-electron chi connectivity index (χ2n) is 10.6. The minimum absolute atomic E-state index is 0.369. The highest BCUT2D eigenvalue weighted by Crippen LogP contribution is 2.50. The first-order valence-electron chi connectivity index (χ1n) is 13.8. The Kier molecular flexibility index (Phi) is 9.19. The molecule has 1 saturated carbocycles. The molecular formula is C31H44N2O4. The molecule has 0 aromatic heterocycles. The predicted molar refractivity (Wildman–Crippen MR) is 146 cm³/mol. The summed E-state index contributed by atoms with van der Waals surface area (Å²) in [5.41, 5.74) is 3.53. The Labute approximate surface area is 221 Å². The third-order valence-electron chi connectivity index (χ3n) is 8.83. The van der Waals surface area contributed by atoms with E-state index in [1.807, 2.05) is 88.4 Å². The summed E-state index contributed by atoms with van der Waals surface area (Å²) in [6.07, 6.45) is 3.73. The lowest BCUT2D eigenvalue weighted by molar-refractivity contribution is -0.173.